The fraction of sp³-hybridized carbons (Fsp3) is 0.538. The van der Waals surface area contributed by atoms with Crippen molar-refractivity contribution in [2.45, 2.75) is 32.1 Å². The van der Waals surface area contributed by atoms with Gasteiger partial charge >= 0.3 is 0 Å². The Morgan fingerprint density at radius 1 is 1.41 bits per heavy atom. The summed E-state index contributed by atoms with van der Waals surface area (Å²) in [6, 6.07) is 3.43. The number of carbonyl (C=O) groups excluding carboxylic acids is 1. The van der Waals surface area contributed by atoms with Crippen LogP contribution in [0.15, 0.2) is 18.3 Å². The molecule has 0 radical (unpaired) electrons. The molecule has 1 aliphatic carbocycles. The molecule has 0 aliphatic heterocycles. The molecule has 1 heterocycles. The Labute approximate surface area is 102 Å². The van der Waals surface area contributed by atoms with Crippen LogP contribution in [-0.2, 0) is 0 Å². The molecule has 0 spiro atoms. The number of nitrogen functional groups attached to an aromatic ring is 1. The molecule has 1 aromatic rings. The molecule has 0 aromatic carbocycles. The van der Waals surface area contributed by atoms with Crippen LogP contribution < -0.4 is 11.1 Å². The van der Waals surface area contributed by atoms with Gasteiger partial charge in [-0.3, -0.25) is 4.79 Å². The Kier molecular flexibility index (Phi) is 3.96. The Hall–Kier alpha value is -1.58. The Bertz CT molecular complexity index is 386. The van der Waals surface area contributed by atoms with Gasteiger partial charge in [-0.25, -0.2) is 4.98 Å². The number of anilines is 1. The van der Waals surface area contributed by atoms with Gasteiger partial charge in [0.2, 0.25) is 0 Å². The number of amides is 1. The van der Waals surface area contributed by atoms with Crippen molar-refractivity contribution in [2.75, 3.05) is 12.3 Å². The fourth-order valence-corrected chi connectivity index (χ4v) is 2.33. The van der Waals surface area contributed by atoms with E-state index < -0.39 is 0 Å². The van der Waals surface area contributed by atoms with Gasteiger partial charge in [0.1, 0.15) is 5.82 Å². The number of hydrogen-bond acceptors (Lipinski definition) is 3. The third-order valence-electron chi connectivity index (χ3n) is 3.36. The first kappa shape index (κ1) is 11.9. The van der Waals surface area contributed by atoms with Crippen molar-refractivity contribution >= 4 is 11.7 Å². The number of hydrogen-bond donors (Lipinski definition) is 2. The zero-order valence-electron chi connectivity index (χ0n) is 9.98. The van der Waals surface area contributed by atoms with E-state index in [2.05, 4.69) is 10.3 Å². The van der Waals surface area contributed by atoms with Crippen LogP contribution >= 0.6 is 0 Å². The van der Waals surface area contributed by atoms with E-state index in [0.29, 0.717) is 17.3 Å². The lowest BCUT2D eigenvalue weighted by Crippen LogP contribution is -2.30. The summed E-state index contributed by atoms with van der Waals surface area (Å²) >= 11 is 0. The molecule has 17 heavy (non-hydrogen) atoms. The molecule has 1 fully saturated rings. The van der Waals surface area contributed by atoms with Crippen LogP contribution in [0.25, 0.3) is 0 Å². The molecule has 0 saturated heterocycles. The molecule has 1 aromatic heterocycles. The second kappa shape index (κ2) is 5.66. The highest BCUT2D eigenvalue weighted by Crippen LogP contribution is 2.22. The highest BCUT2D eigenvalue weighted by atomic mass is 16.1. The summed E-state index contributed by atoms with van der Waals surface area (Å²) < 4.78 is 0. The molecule has 1 saturated carbocycles. The summed E-state index contributed by atoms with van der Waals surface area (Å²) in [5.41, 5.74) is 6.13. The van der Waals surface area contributed by atoms with Gasteiger partial charge < -0.3 is 11.1 Å². The lowest BCUT2D eigenvalue weighted by Gasteiger charge is -2.21. The van der Waals surface area contributed by atoms with Gasteiger partial charge in [-0.05, 0) is 30.9 Å². The first-order valence-corrected chi connectivity index (χ1v) is 6.26. The Morgan fingerprint density at radius 2 is 2.18 bits per heavy atom. The molecule has 3 N–H and O–H groups in total. The van der Waals surface area contributed by atoms with Crippen molar-refractivity contribution in [3.63, 3.8) is 0 Å². The van der Waals surface area contributed by atoms with Crippen LogP contribution in [0.2, 0.25) is 0 Å². The van der Waals surface area contributed by atoms with E-state index in [9.17, 15) is 4.79 Å². The molecular formula is C13H19N3O. The SMILES string of the molecule is Nc1ncccc1C(=O)NCC1CCCCC1. The fourth-order valence-electron chi connectivity index (χ4n) is 2.33. The second-order valence-corrected chi connectivity index (χ2v) is 4.65. The predicted octanol–water partition coefficient (Wildman–Crippen LogP) is 1.97. The largest absolute Gasteiger partial charge is 0.383 e. The monoisotopic (exact) mass is 233 g/mol. The number of nitrogens with two attached hydrogens (primary N) is 1. The van der Waals surface area contributed by atoms with E-state index in [1.165, 1.54) is 32.1 Å². The van der Waals surface area contributed by atoms with Crippen LogP contribution in [0.3, 0.4) is 0 Å². The molecule has 1 amide bonds. The minimum absolute atomic E-state index is 0.110. The lowest BCUT2D eigenvalue weighted by atomic mass is 9.89. The summed E-state index contributed by atoms with van der Waals surface area (Å²) in [5.74, 6) is 0.820. The van der Waals surface area contributed by atoms with Gasteiger partial charge in [-0.2, -0.15) is 0 Å². The molecule has 2 rings (SSSR count). The van der Waals surface area contributed by atoms with Gasteiger partial charge in [0.15, 0.2) is 0 Å². The first-order chi connectivity index (χ1) is 8.27. The van der Waals surface area contributed by atoms with Crippen LogP contribution in [0.4, 0.5) is 5.82 Å². The zero-order valence-corrected chi connectivity index (χ0v) is 9.98. The van der Waals surface area contributed by atoms with E-state index in [1.54, 1.807) is 18.3 Å². The zero-order chi connectivity index (χ0) is 12.1. The topological polar surface area (TPSA) is 68.0 Å². The summed E-state index contributed by atoms with van der Waals surface area (Å²) in [6.07, 6.45) is 7.95. The summed E-state index contributed by atoms with van der Waals surface area (Å²) in [4.78, 5) is 15.8. The number of rotatable bonds is 3. The Morgan fingerprint density at radius 3 is 2.88 bits per heavy atom. The van der Waals surface area contributed by atoms with E-state index in [0.717, 1.165) is 6.54 Å². The smallest absolute Gasteiger partial charge is 0.255 e. The van der Waals surface area contributed by atoms with Crippen LogP contribution in [0.1, 0.15) is 42.5 Å². The maximum atomic E-state index is 11.9. The van der Waals surface area contributed by atoms with Gasteiger partial charge in [0, 0.05) is 12.7 Å². The van der Waals surface area contributed by atoms with Gasteiger partial charge in [0.05, 0.1) is 5.56 Å². The summed E-state index contributed by atoms with van der Waals surface area (Å²) in [7, 11) is 0. The molecule has 0 unspecified atom stereocenters. The lowest BCUT2D eigenvalue weighted by molar-refractivity contribution is 0.0944. The predicted molar refractivity (Wildman–Crippen MR) is 67.6 cm³/mol. The van der Waals surface area contributed by atoms with Gasteiger partial charge in [-0.15, -0.1) is 0 Å². The summed E-state index contributed by atoms with van der Waals surface area (Å²) in [5, 5.41) is 2.95. The van der Waals surface area contributed by atoms with Crippen LogP contribution in [0.5, 0.6) is 0 Å². The minimum Gasteiger partial charge on any atom is -0.383 e. The molecular weight excluding hydrogens is 214 g/mol. The third kappa shape index (κ3) is 3.19. The number of carbonyl (C=O) groups is 1. The highest BCUT2D eigenvalue weighted by molar-refractivity contribution is 5.98. The van der Waals surface area contributed by atoms with Crippen molar-refractivity contribution < 1.29 is 4.79 Å². The van der Waals surface area contributed by atoms with Crippen molar-refractivity contribution in [3.8, 4) is 0 Å². The average molecular weight is 233 g/mol. The van der Waals surface area contributed by atoms with Crippen LogP contribution in [0, 0.1) is 5.92 Å². The molecule has 92 valence electrons. The van der Waals surface area contributed by atoms with Crippen molar-refractivity contribution in [3.05, 3.63) is 23.9 Å². The number of nitrogens with zero attached hydrogens (tertiary/aromatic N) is 1. The third-order valence-corrected chi connectivity index (χ3v) is 3.36. The standard InChI is InChI=1S/C13H19N3O/c14-12-11(7-4-8-15-12)13(17)16-9-10-5-2-1-3-6-10/h4,7-8,10H,1-3,5-6,9H2,(H2,14,15)(H,16,17). The number of aromatic nitrogens is 1. The molecule has 1 aliphatic rings. The average Bonchev–Trinajstić information content (AvgIpc) is 2.38. The maximum Gasteiger partial charge on any atom is 0.255 e. The highest BCUT2D eigenvalue weighted by Gasteiger charge is 2.15. The quantitative estimate of drug-likeness (QED) is 0.838. The maximum absolute atomic E-state index is 11.9. The second-order valence-electron chi connectivity index (χ2n) is 4.65. The van der Waals surface area contributed by atoms with E-state index in [-0.39, 0.29) is 5.91 Å². The van der Waals surface area contributed by atoms with E-state index in [1.807, 2.05) is 0 Å². The van der Waals surface area contributed by atoms with Gasteiger partial charge in [0.25, 0.3) is 5.91 Å². The molecule has 0 bridgehead atoms. The van der Waals surface area contributed by atoms with E-state index >= 15 is 0 Å². The normalized spacial score (nSPS) is 16.7. The summed E-state index contributed by atoms with van der Waals surface area (Å²) in [6.45, 7) is 0.757. The first-order valence-electron chi connectivity index (χ1n) is 6.26. The molecule has 4 heteroatoms. The van der Waals surface area contributed by atoms with Gasteiger partial charge in [-0.1, -0.05) is 19.3 Å². The number of pyridine rings is 1. The van der Waals surface area contributed by atoms with E-state index in [4.69, 9.17) is 5.73 Å². The molecule has 0 atom stereocenters. The van der Waals surface area contributed by atoms with Crippen LogP contribution in [-0.4, -0.2) is 17.4 Å². The Balaban J connectivity index is 1.87. The molecule has 4 nitrogen and oxygen atoms in total. The number of nitrogens with one attached hydrogen (secondary N) is 1. The minimum atomic E-state index is -0.110. The van der Waals surface area contributed by atoms with Crippen molar-refractivity contribution in [1.82, 2.24) is 10.3 Å². The van der Waals surface area contributed by atoms with Crippen molar-refractivity contribution in [2.24, 2.45) is 5.92 Å². The van der Waals surface area contributed by atoms with Crippen molar-refractivity contribution in [1.29, 1.82) is 0 Å².